The number of benzene rings is 1. The highest BCUT2D eigenvalue weighted by Gasteiger charge is 2.27. The third-order valence-corrected chi connectivity index (χ3v) is 3.39. The normalized spacial score (nSPS) is 22.2. The number of hydrogen-bond donors (Lipinski definition) is 0. The van der Waals surface area contributed by atoms with Crippen molar-refractivity contribution in [1.29, 1.82) is 0 Å². The molecule has 1 aliphatic rings. The molecule has 0 fully saturated rings. The first-order chi connectivity index (χ1) is 7.74. The van der Waals surface area contributed by atoms with Crippen molar-refractivity contribution in [3.05, 3.63) is 35.4 Å². The Labute approximate surface area is 101 Å². The molecular weight excluding hydrogens is 192 g/mol. The highest BCUT2D eigenvalue weighted by atomic mass is 14.3. The minimum Gasteiger partial charge on any atom is -0.0656 e. The van der Waals surface area contributed by atoms with Gasteiger partial charge in [0.05, 0.1) is 0 Å². The third kappa shape index (κ3) is 3.10. The van der Waals surface area contributed by atoms with Gasteiger partial charge in [0, 0.05) is 0 Å². The molecule has 0 heteroatoms. The second-order valence-electron chi connectivity index (χ2n) is 4.95. The summed E-state index contributed by atoms with van der Waals surface area (Å²) in [6.07, 6.45) is 5.27. The van der Waals surface area contributed by atoms with Crippen molar-refractivity contribution < 1.29 is 0 Å². The molecule has 2 atom stereocenters. The van der Waals surface area contributed by atoms with E-state index < -0.39 is 0 Å². The lowest BCUT2D eigenvalue weighted by Crippen LogP contribution is -2.03. The van der Waals surface area contributed by atoms with Crippen LogP contribution in [0.25, 0.3) is 0 Å². The molecule has 0 nitrogen and oxygen atoms in total. The highest BCUT2D eigenvalue weighted by molar-refractivity contribution is 5.35. The second-order valence-corrected chi connectivity index (χ2v) is 4.95. The van der Waals surface area contributed by atoms with Crippen LogP contribution in [-0.2, 0) is 6.42 Å². The number of hydrogen-bond acceptors (Lipinski definition) is 0. The van der Waals surface area contributed by atoms with Crippen molar-refractivity contribution in [2.24, 2.45) is 5.92 Å². The predicted octanol–water partition coefficient (Wildman–Crippen LogP) is 5.18. The van der Waals surface area contributed by atoms with Crippen LogP contribution < -0.4 is 0 Å². The first kappa shape index (κ1) is 13.3. The van der Waals surface area contributed by atoms with Crippen molar-refractivity contribution in [1.82, 2.24) is 0 Å². The Balaban J connectivity index is 0.000000386. The molecule has 0 saturated carbocycles. The fourth-order valence-electron chi connectivity index (χ4n) is 2.60. The van der Waals surface area contributed by atoms with E-state index in [1.54, 1.807) is 11.1 Å². The first-order valence-corrected chi connectivity index (χ1v) is 6.82. The zero-order valence-corrected chi connectivity index (χ0v) is 11.3. The molecule has 0 bridgehead atoms. The van der Waals surface area contributed by atoms with Crippen LogP contribution in [0.4, 0.5) is 0 Å². The Bertz CT molecular complexity index is 301. The predicted molar refractivity (Wildman–Crippen MR) is 72.9 cm³/mol. The molecular formula is C16H26. The van der Waals surface area contributed by atoms with Crippen molar-refractivity contribution >= 4 is 0 Å². The van der Waals surface area contributed by atoms with Crippen LogP contribution in [0.2, 0.25) is 0 Å². The molecule has 2 rings (SSSR count). The summed E-state index contributed by atoms with van der Waals surface area (Å²) in [6, 6.07) is 8.93. The van der Waals surface area contributed by atoms with Crippen molar-refractivity contribution in [2.75, 3.05) is 0 Å². The lowest BCUT2D eigenvalue weighted by atomic mass is 9.91. The largest absolute Gasteiger partial charge is 0.0656 e. The monoisotopic (exact) mass is 218 g/mol. The molecule has 0 aromatic heterocycles. The van der Waals surface area contributed by atoms with Crippen LogP contribution in [0, 0.1) is 5.92 Å². The van der Waals surface area contributed by atoms with Gasteiger partial charge in [-0.3, -0.25) is 0 Å². The molecule has 0 aliphatic heterocycles. The van der Waals surface area contributed by atoms with E-state index in [2.05, 4.69) is 52.0 Å². The van der Waals surface area contributed by atoms with Gasteiger partial charge < -0.3 is 0 Å². The van der Waals surface area contributed by atoms with Gasteiger partial charge in [0.1, 0.15) is 0 Å². The molecule has 0 amide bonds. The molecule has 0 saturated heterocycles. The van der Waals surface area contributed by atoms with Crippen LogP contribution in [0.15, 0.2) is 24.3 Å². The second kappa shape index (κ2) is 6.73. The van der Waals surface area contributed by atoms with E-state index in [-0.39, 0.29) is 0 Å². The fraction of sp³-hybridized carbons (Fsp3) is 0.625. The minimum absolute atomic E-state index is 0.788. The smallest absolute Gasteiger partial charge is 0.0156 e. The van der Waals surface area contributed by atoms with Crippen LogP contribution in [-0.4, -0.2) is 0 Å². The summed E-state index contributed by atoms with van der Waals surface area (Å²) in [7, 11) is 0. The molecule has 0 radical (unpaired) electrons. The summed E-state index contributed by atoms with van der Waals surface area (Å²) >= 11 is 0. The summed E-state index contributed by atoms with van der Waals surface area (Å²) in [4.78, 5) is 0. The Morgan fingerprint density at radius 2 is 1.75 bits per heavy atom. The maximum atomic E-state index is 2.38. The van der Waals surface area contributed by atoms with E-state index in [0.29, 0.717) is 0 Å². The van der Waals surface area contributed by atoms with Crippen LogP contribution in [0.3, 0.4) is 0 Å². The van der Waals surface area contributed by atoms with Crippen molar-refractivity contribution in [3.63, 3.8) is 0 Å². The quantitative estimate of drug-likeness (QED) is 0.641. The fourth-order valence-corrected chi connectivity index (χ4v) is 2.60. The van der Waals surface area contributed by atoms with E-state index >= 15 is 0 Å². The van der Waals surface area contributed by atoms with Crippen LogP contribution in [0.5, 0.6) is 0 Å². The molecule has 1 aromatic carbocycles. The summed E-state index contributed by atoms with van der Waals surface area (Å²) < 4.78 is 0. The number of rotatable bonds is 2. The van der Waals surface area contributed by atoms with Crippen LogP contribution in [0.1, 0.15) is 64.0 Å². The Morgan fingerprint density at radius 3 is 2.31 bits per heavy atom. The summed E-state index contributed by atoms with van der Waals surface area (Å²) in [5.41, 5.74) is 3.19. The Hall–Kier alpha value is -0.780. The maximum absolute atomic E-state index is 2.38. The van der Waals surface area contributed by atoms with Gasteiger partial charge in [-0.2, -0.15) is 0 Å². The van der Waals surface area contributed by atoms with Crippen molar-refractivity contribution in [2.45, 2.75) is 59.3 Å². The van der Waals surface area contributed by atoms with Gasteiger partial charge in [0.15, 0.2) is 0 Å². The topological polar surface area (TPSA) is 0 Å². The van der Waals surface area contributed by atoms with Gasteiger partial charge in [-0.1, -0.05) is 64.8 Å². The summed E-state index contributed by atoms with van der Waals surface area (Å²) in [6.45, 7) is 8.92. The molecule has 2 unspecified atom stereocenters. The maximum Gasteiger partial charge on any atom is -0.0156 e. The molecule has 16 heavy (non-hydrogen) atoms. The zero-order chi connectivity index (χ0) is 12.0. The van der Waals surface area contributed by atoms with E-state index in [1.807, 2.05) is 0 Å². The van der Waals surface area contributed by atoms with Gasteiger partial charge in [-0.25, -0.2) is 0 Å². The van der Waals surface area contributed by atoms with E-state index in [0.717, 1.165) is 11.8 Å². The lowest BCUT2D eigenvalue weighted by molar-refractivity contribution is 0.442. The Morgan fingerprint density at radius 1 is 1.12 bits per heavy atom. The number of fused-ring (bicyclic) bond motifs is 1. The van der Waals surface area contributed by atoms with Crippen molar-refractivity contribution in [3.8, 4) is 0 Å². The third-order valence-electron chi connectivity index (χ3n) is 3.39. The van der Waals surface area contributed by atoms with Gasteiger partial charge in [0.25, 0.3) is 0 Å². The highest BCUT2D eigenvalue weighted by Crippen LogP contribution is 2.39. The summed E-state index contributed by atoms with van der Waals surface area (Å²) in [5, 5.41) is 0. The molecule has 0 heterocycles. The lowest BCUT2D eigenvalue weighted by Gasteiger charge is -2.14. The standard InChI is InChI=1S/C13H18.C3H8/c1-3-6-11-9-12-7-4-5-8-13(12)10(11)2;1-3-2/h4-5,7-8,10-11H,3,6,9H2,1-2H3;3H2,1-2H3. The average molecular weight is 218 g/mol. The van der Waals surface area contributed by atoms with E-state index in [9.17, 15) is 0 Å². The van der Waals surface area contributed by atoms with Gasteiger partial charge >= 0.3 is 0 Å². The van der Waals surface area contributed by atoms with Crippen LogP contribution >= 0.6 is 0 Å². The minimum atomic E-state index is 0.788. The molecule has 0 N–H and O–H groups in total. The van der Waals surface area contributed by atoms with Gasteiger partial charge in [-0.15, -0.1) is 0 Å². The van der Waals surface area contributed by atoms with Gasteiger partial charge in [-0.05, 0) is 35.8 Å². The molecule has 1 aliphatic carbocycles. The molecule has 0 spiro atoms. The van der Waals surface area contributed by atoms with Gasteiger partial charge in [0.2, 0.25) is 0 Å². The van der Waals surface area contributed by atoms with E-state index in [4.69, 9.17) is 0 Å². The first-order valence-electron chi connectivity index (χ1n) is 6.82. The van der Waals surface area contributed by atoms with E-state index in [1.165, 1.54) is 25.7 Å². The average Bonchev–Trinajstić information content (AvgIpc) is 2.59. The molecule has 90 valence electrons. The zero-order valence-electron chi connectivity index (χ0n) is 11.3. The summed E-state index contributed by atoms with van der Waals surface area (Å²) in [5.74, 6) is 1.69. The SMILES string of the molecule is CCC.CCCC1Cc2ccccc2C1C. The Kier molecular flexibility index (Phi) is 5.59. The molecule has 1 aromatic rings.